The van der Waals surface area contributed by atoms with Crippen LogP contribution in [-0.2, 0) is 14.6 Å². The van der Waals surface area contributed by atoms with Gasteiger partial charge in [-0.05, 0) is 39.3 Å². The Morgan fingerprint density at radius 2 is 1.36 bits per heavy atom. The van der Waals surface area contributed by atoms with Gasteiger partial charge in [0.1, 0.15) is 5.75 Å². The highest BCUT2D eigenvalue weighted by molar-refractivity contribution is 6.51. The van der Waals surface area contributed by atoms with Crippen molar-refractivity contribution in [3.05, 3.63) is 65.7 Å². The molecule has 0 bridgehead atoms. The highest BCUT2D eigenvalue weighted by atomic mass is 16.7. The monoisotopic (exact) mass is 338 g/mol. The van der Waals surface area contributed by atoms with Crippen LogP contribution in [0.4, 0.5) is 0 Å². The van der Waals surface area contributed by atoms with Crippen LogP contribution >= 0.6 is 0 Å². The molecule has 1 fully saturated rings. The second-order valence-electron chi connectivity index (χ2n) is 7.86. The number of methoxy groups -OCH3 is 1. The van der Waals surface area contributed by atoms with Gasteiger partial charge in [-0.15, -0.1) is 0 Å². The van der Waals surface area contributed by atoms with Crippen LogP contribution in [0.2, 0.25) is 0 Å². The summed E-state index contributed by atoms with van der Waals surface area (Å²) in [5.74, 6) is 0.837. The van der Waals surface area contributed by atoms with E-state index in [9.17, 15) is 0 Å². The summed E-state index contributed by atoms with van der Waals surface area (Å²) in [6.07, 6.45) is 0. The Bertz CT molecular complexity index is 726. The number of benzene rings is 2. The molecule has 2 aromatic rings. The maximum Gasteiger partial charge on any atom is 0.473 e. The zero-order valence-corrected chi connectivity index (χ0v) is 16.0. The predicted octanol–water partition coefficient (Wildman–Crippen LogP) is 4.63. The van der Waals surface area contributed by atoms with Crippen LogP contribution < -0.4 is 4.74 Å². The SMILES string of the molecule is COc1ccccc1[C@@](C)(B1OC(C)(C)C(C)(C)O1)c1ccccc1. The van der Waals surface area contributed by atoms with Gasteiger partial charge in [-0.25, -0.2) is 0 Å². The molecule has 0 spiro atoms. The standard InChI is InChI=1S/C21H27BO3/c1-19(2)20(3,4)25-22(24-19)21(5,16-12-8-7-9-13-16)17-14-10-11-15-18(17)23-6/h7-15H,1-6H3/t21-/m0/s1. The normalized spacial score (nSPS) is 21.0. The number of hydrogen-bond donors (Lipinski definition) is 0. The fourth-order valence-electron chi connectivity index (χ4n) is 3.36. The van der Waals surface area contributed by atoms with Crippen LogP contribution in [0, 0.1) is 0 Å². The molecule has 25 heavy (non-hydrogen) atoms. The van der Waals surface area contributed by atoms with Gasteiger partial charge >= 0.3 is 7.12 Å². The molecule has 1 heterocycles. The van der Waals surface area contributed by atoms with Crippen molar-refractivity contribution < 1.29 is 14.0 Å². The Morgan fingerprint density at radius 3 is 1.92 bits per heavy atom. The van der Waals surface area contributed by atoms with E-state index in [1.54, 1.807) is 7.11 Å². The van der Waals surface area contributed by atoms with Crippen LogP contribution in [0.5, 0.6) is 5.75 Å². The van der Waals surface area contributed by atoms with E-state index in [1.807, 2.05) is 36.4 Å². The van der Waals surface area contributed by atoms with Gasteiger partial charge in [0.15, 0.2) is 0 Å². The molecule has 0 radical (unpaired) electrons. The molecule has 0 saturated carbocycles. The Labute approximate surface area is 151 Å². The predicted molar refractivity (Wildman–Crippen MR) is 102 cm³/mol. The van der Waals surface area contributed by atoms with Crippen molar-refractivity contribution in [1.29, 1.82) is 0 Å². The molecule has 132 valence electrons. The Balaban J connectivity index is 2.18. The largest absolute Gasteiger partial charge is 0.496 e. The minimum absolute atomic E-state index is 0.393. The lowest BCUT2D eigenvalue weighted by Gasteiger charge is -2.34. The topological polar surface area (TPSA) is 27.7 Å². The lowest BCUT2D eigenvalue weighted by Crippen LogP contribution is -2.44. The van der Waals surface area contributed by atoms with E-state index in [2.05, 4.69) is 52.8 Å². The second-order valence-corrected chi connectivity index (χ2v) is 7.86. The number of ether oxygens (including phenoxy) is 1. The van der Waals surface area contributed by atoms with Crippen LogP contribution in [0.15, 0.2) is 54.6 Å². The van der Waals surface area contributed by atoms with E-state index < -0.39 is 23.6 Å². The molecule has 0 aliphatic carbocycles. The molecule has 0 N–H and O–H groups in total. The van der Waals surface area contributed by atoms with Gasteiger partial charge in [0.05, 0.1) is 23.6 Å². The summed E-state index contributed by atoms with van der Waals surface area (Å²) in [7, 11) is 1.28. The number of para-hydroxylation sites is 1. The molecule has 1 aliphatic heterocycles. The van der Waals surface area contributed by atoms with E-state index in [0.717, 1.165) is 16.9 Å². The zero-order chi connectivity index (χ0) is 18.3. The summed E-state index contributed by atoms with van der Waals surface area (Å²) in [6, 6.07) is 18.5. The van der Waals surface area contributed by atoms with Gasteiger partial charge in [-0.2, -0.15) is 0 Å². The number of hydrogen-bond acceptors (Lipinski definition) is 3. The Morgan fingerprint density at radius 1 is 0.840 bits per heavy atom. The molecule has 0 unspecified atom stereocenters. The molecule has 0 aromatic heterocycles. The van der Waals surface area contributed by atoms with Gasteiger partial charge < -0.3 is 14.0 Å². The van der Waals surface area contributed by atoms with Gasteiger partial charge in [0.2, 0.25) is 0 Å². The van der Waals surface area contributed by atoms with Crippen molar-refractivity contribution in [2.24, 2.45) is 0 Å². The number of rotatable bonds is 4. The molecule has 3 rings (SSSR count). The van der Waals surface area contributed by atoms with Crippen LogP contribution in [0.25, 0.3) is 0 Å². The summed E-state index contributed by atoms with van der Waals surface area (Å²) in [5.41, 5.74) is 1.41. The molecule has 1 atom stereocenters. The summed E-state index contributed by atoms with van der Waals surface area (Å²) < 4.78 is 18.6. The molecule has 2 aromatic carbocycles. The zero-order valence-electron chi connectivity index (χ0n) is 16.0. The Hall–Kier alpha value is -1.78. The fourth-order valence-corrected chi connectivity index (χ4v) is 3.36. The maximum atomic E-state index is 6.46. The molecule has 3 nitrogen and oxygen atoms in total. The van der Waals surface area contributed by atoms with Crippen LogP contribution in [0.1, 0.15) is 45.7 Å². The molecule has 0 amide bonds. The maximum absolute atomic E-state index is 6.46. The highest BCUT2D eigenvalue weighted by Gasteiger charge is 2.59. The van der Waals surface area contributed by atoms with E-state index in [-0.39, 0.29) is 0 Å². The third-order valence-corrected chi connectivity index (χ3v) is 5.76. The summed E-state index contributed by atoms with van der Waals surface area (Å²) in [6.45, 7) is 10.5. The van der Waals surface area contributed by atoms with Gasteiger partial charge in [0, 0.05) is 5.56 Å². The molecule has 1 saturated heterocycles. The third-order valence-electron chi connectivity index (χ3n) is 5.76. The van der Waals surface area contributed by atoms with Crippen molar-refractivity contribution in [3.63, 3.8) is 0 Å². The van der Waals surface area contributed by atoms with Crippen molar-refractivity contribution in [2.75, 3.05) is 7.11 Å². The summed E-state index contributed by atoms with van der Waals surface area (Å²) in [4.78, 5) is 0. The van der Waals surface area contributed by atoms with Gasteiger partial charge in [-0.3, -0.25) is 0 Å². The summed E-state index contributed by atoms with van der Waals surface area (Å²) in [5, 5.41) is -0.501. The van der Waals surface area contributed by atoms with Gasteiger partial charge in [-0.1, -0.05) is 55.5 Å². The lowest BCUT2D eigenvalue weighted by atomic mass is 9.51. The smallest absolute Gasteiger partial charge is 0.473 e. The average Bonchev–Trinajstić information content (AvgIpc) is 2.83. The van der Waals surface area contributed by atoms with Crippen LogP contribution in [-0.4, -0.2) is 25.4 Å². The highest BCUT2D eigenvalue weighted by Crippen LogP contribution is 2.47. The lowest BCUT2D eigenvalue weighted by molar-refractivity contribution is 0.00578. The Kier molecular flexibility index (Phi) is 4.46. The fraction of sp³-hybridized carbons (Fsp3) is 0.429. The molecule has 1 aliphatic rings. The quantitative estimate of drug-likeness (QED) is 0.761. The van der Waals surface area contributed by atoms with E-state index >= 15 is 0 Å². The first-order valence-corrected chi connectivity index (χ1v) is 8.77. The third kappa shape index (κ3) is 2.88. The minimum Gasteiger partial charge on any atom is -0.496 e. The van der Waals surface area contributed by atoms with Crippen LogP contribution in [0.3, 0.4) is 0 Å². The van der Waals surface area contributed by atoms with Crippen molar-refractivity contribution >= 4 is 7.12 Å². The van der Waals surface area contributed by atoms with Crippen molar-refractivity contribution in [2.45, 2.75) is 51.1 Å². The van der Waals surface area contributed by atoms with Crippen molar-refractivity contribution in [3.8, 4) is 5.75 Å². The summed E-state index contributed by atoms with van der Waals surface area (Å²) >= 11 is 0. The van der Waals surface area contributed by atoms with E-state index in [0.29, 0.717) is 0 Å². The molecule has 4 heteroatoms. The van der Waals surface area contributed by atoms with Crippen molar-refractivity contribution in [1.82, 2.24) is 0 Å². The second kappa shape index (κ2) is 6.19. The first-order chi connectivity index (χ1) is 11.7. The van der Waals surface area contributed by atoms with Gasteiger partial charge in [0.25, 0.3) is 0 Å². The average molecular weight is 338 g/mol. The minimum atomic E-state index is -0.501. The van der Waals surface area contributed by atoms with E-state index in [1.165, 1.54) is 0 Å². The molecular formula is C21H27BO3. The first-order valence-electron chi connectivity index (χ1n) is 8.77. The molecular weight excluding hydrogens is 311 g/mol. The first kappa shape index (κ1) is 18.0. The van der Waals surface area contributed by atoms with E-state index in [4.69, 9.17) is 14.0 Å².